The van der Waals surface area contributed by atoms with E-state index < -0.39 is 0 Å². The summed E-state index contributed by atoms with van der Waals surface area (Å²) < 4.78 is 1.02. The fraction of sp³-hybridized carbons (Fsp3) is 0.316. The largest absolute Gasteiger partial charge is 0.369 e. The van der Waals surface area contributed by atoms with Gasteiger partial charge in [0.2, 0.25) is 5.91 Å². The zero-order valence-electron chi connectivity index (χ0n) is 13.8. The summed E-state index contributed by atoms with van der Waals surface area (Å²) in [6, 6.07) is 16.3. The number of piperazine rings is 1. The minimum atomic E-state index is 0.0496. The Balaban J connectivity index is 1.50. The molecule has 4 nitrogen and oxygen atoms in total. The molecule has 0 atom stereocenters. The van der Waals surface area contributed by atoms with E-state index in [2.05, 4.69) is 55.3 Å². The number of anilines is 2. The number of hydrogen-bond acceptors (Lipinski definition) is 3. The van der Waals surface area contributed by atoms with Gasteiger partial charge in [0.05, 0.1) is 6.54 Å². The lowest BCUT2D eigenvalue weighted by atomic mass is 10.2. The highest BCUT2D eigenvalue weighted by atomic mass is 79.9. The van der Waals surface area contributed by atoms with Crippen LogP contribution in [0.5, 0.6) is 0 Å². The first-order valence-electron chi connectivity index (χ1n) is 8.20. The van der Waals surface area contributed by atoms with Crippen molar-refractivity contribution in [3.05, 3.63) is 58.6 Å². The van der Waals surface area contributed by atoms with E-state index >= 15 is 0 Å². The number of nitrogens with one attached hydrogen (secondary N) is 1. The van der Waals surface area contributed by atoms with E-state index in [0.717, 1.165) is 41.9 Å². The van der Waals surface area contributed by atoms with Gasteiger partial charge < -0.3 is 10.2 Å². The van der Waals surface area contributed by atoms with E-state index in [9.17, 15) is 4.79 Å². The van der Waals surface area contributed by atoms with Crippen molar-refractivity contribution in [2.45, 2.75) is 6.92 Å². The SMILES string of the molecule is Cc1cc(Br)ccc1NC(=O)CN1CCN(c2ccccc2)CC1. The molecule has 0 radical (unpaired) electrons. The van der Waals surface area contributed by atoms with Crippen molar-refractivity contribution in [3.8, 4) is 0 Å². The quantitative estimate of drug-likeness (QED) is 0.871. The molecule has 0 aliphatic carbocycles. The molecule has 2 aromatic carbocycles. The standard InChI is InChI=1S/C19H22BrN3O/c1-15-13-16(20)7-8-18(15)21-19(24)14-22-9-11-23(12-10-22)17-5-3-2-4-6-17/h2-8,13H,9-12,14H2,1H3,(H,21,24). The summed E-state index contributed by atoms with van der Waals surface area (Å²) in [7, 11) is 0. The predicted octanol–water partition coefficient (Wildman–Crippen LogP) is 3.52. The van der Waals surface area contributed by atoms with Gasteiger partial charge in [0, 0.05) is 42.0 Å². The van der Waals surface area contributed by atoms with Crippen LogP contribution in [0, 0.1) is 6.92 Å². The summed E-state index contributed by atoms with van der Waals surface area (Å²) in [4.78, 5) is 16.9. The van der Waals surface area contributed by atoms with Gasteiger partial charge in [0.25, 0.3) is 0 Å². The number of carbonyl (C=O) groups excluding carboxylic acids is 1. The van der Waals surface area contributed by atoms with E-state index in [1.165, 1.54) is 5.69 Å². The molecule has 1 aliphatic rings. The second kappa shape index (κ2) is 7.81. The van der Waals surface area contributed by atoms with Crippen LogP contribution in [0.25, 0.3) is 0 Å². The Morgan fingerprint density at radius 3 is 2.46 bits per heavy atom. The van der Waals surface area contributed by atoms with Crippen molar-refractivity contribution >= 4 is 33.2 Å². The Kier molecular flexibility index (Phi) is 5.53. The lowest BCUT2D eigenvalue weighted by Crippen LogP contribution is -2.48. The van der Waals surface area contributed by atoms with Crippen molar-refractivity contribution in [2.75, 3.05) is 42.9 Å². The molecule has 0 bridgehead atoms. The van der Waals surface area contributed by atoms with Gasteiger partial charge in [-0.25, -0.2) is 0 Å². The molecule has 0 aromatic heterocycles. The van der Waals surface area contributed by atoms with Gasteiger partial charge in [-0.05, 0) is 42.8 Å². The lowest BCUT2D eigenvalue weighted by molar-refractivity contribution is -0.117. The summed E-state index contributed by atoms with van der Waals surface area (Å²) in [5.41, 5.74) is 3.20. The van der Waals surface area contributed by atoms with E-state index in [0.29, 0.717) is 6.54 Å². The number of amides is 1. The normalized spacial score (nSPS) is 15.3. The first kappa shape index (κ1) is 17.0. The Bertz CT molecular complexity index is 697. The van der Waals surface area contributed by atoms with Gasteiger partial charge in [0.15, 0.2) is 0 Å². The highest BCUT2D eigenvalue weighted by Crippen LogP contribution is 2.20. The minimum Gasteiger partial charge on any atom is -0.369 e. The molecule has 0 unspecified atom stereocenters. The monoisotopic (exact) mass is 387 g/mol. The van der Waals surface area contributed by atoms with Gasteiger partial charge in [-0.2, -0.15) is 0 Å². The Morgan fingerprint density at radius 1 is 1.08 bits per heavy atom. The van der Waals surface area contributed by atoms with E-state index in [1.54, 1.807) is 0 Å². The summed E-state index contributed by atoms with van der Waals surface area (Å²) in [6.07, 6.45) is 0. The van der Waals surface area contributed by atoms with Crippen molar-refractivity contribution < 1.29 is 4.79 Å². The molecule has 2 aromatic rings. The Hall–Kier alpha value is -1.85. The van der Waals surface area contributed by atoms with Crippen molar-refractivity contribution in [2.24, 2.45) is 0 Å². The van der Waals surface area contributed by atoms with Crippen LogP contribution in [0.15, 0.2) is 53.0 Å². The van der Waals surface area contributed by atoms with Crippen LogP contribution in [0.4, 0.5) is 11.4 Å². The third-order valence-corrected chi connectivity index (χ3v) is 4.82. The molecule has 1 saturated heterocycles. The highest BCUT2D eigenvalue weighted by Gasteiger charge is 2.19. The molecule has 5 heteroatoms. The summed E-state index contributed by atoms with van der Waals surface area (Å²) in [6.45, 7) is 6.16. The molecule has 0 spiro atoms. The molecule has 1 N–H and O–H groups in total. The number of carbonyl (C=O) groups is 1. The fourth-order valence-corrected chi connectivity index (χ4v) is 3.44. The number of nitrogens with zero attached hydrogens (tertiary/aromatic N) is 2. The number of halogens is 1. The van der Waals surface area contributed by atoms with Gasteiger partial charge in [0.1, 0.15) is 0 Å². The molecule has 24 heavy (non-hydrogen) atoms. The van der Waals surface area contributed by atoms with Crippen LogP contribution in [0.3, 0.4) is 0 Å². The van der Waals surface area contributed by atoms with Crippen LogP contribution in [0.1, 0.15) is 5.56 Å². The maximum Gasteiger partial charge on any atom is 0.238 e. The third-order valence-electron chi connectivity index (χ3n) is 4.32. The second-order valence-corrected chi connectivity index (χ2v) is 7.02. The first-order chi connectivity index (χ1) is 11.6. The van der Waals surface area contributed by atoms with Gasteiger partial charge >= 0.3 is 0 Å². The molecule has 126 valence electrons. The third kappa shape index (κ3) is 4.36. The van der Waals surface area contributed by atoms with Crippen molar-refractivity contribution in [1.82, 2.24) is 4.90 Å². The van der Waals surface area contributed by atoms with Crippen molar-refractivity contribution in [3.63, 3.8) is 0 Å². The van der Waals surface area contributed by atoms with Crippen LogP contribution in [-0.2, 0) is 4.79 Å². The summed E-state index contributed by atoms with van der Waals surface area (Å²) in [5.74, 6) is 0.0496. The molecular weight excluding hydrogens is 366 g/mol. The van der Waals surface area contributed by atoms with Gasteiger partial charge in [-0.3, -0.25) is 9.69 Å². The molecule has 0 saturated carbocycles. The maximum atomic E-state index is 12.3. The molecule has 1 fully saturated rings. The van der Waals surface area contributed by atoms with Gasteiger partial charge in [-0.15, -0.1) is 0 Å². The predicted molar refractivity (Wildman–Crippen MR) is 103 cm³/mol. The fourth-order valence-electron chi connectivity index (χ4n) is 2.96. The molecular formula is C19H22BrN3O. The number of benzene rings is 2. The molecule has 1 aliphatic heterocycles. The average Bonchev–Trinajstić information content (AvgIpc) is 2.59. The first-order valence-corrected chi connectivity index (χ1v) is 8.99. The minimum absolute atomic E-state index is 0.0496. The van der Waals surface area contributed by atoms with E-state index in [1.807, 2.05) is 31.2 Å². The average molecular weight is 388 g/mol. The van der Waals surface area contributed by atoms with Crippen molar-refractivity contribution in [1.29, 1.82) is 0 Å². The molecule has 1 amide bonds. The zero-order chi connectivity index (χ0) is 16.9. The number of rotatable bonds is 4. The Morgan fingerprint density at radius 2 is 1.79 bits per heavy atom. The number of para-hydroxylation sites is 1. The van der Waals surface area contributed by atoms with E-state index in [4.69, 9.17) is 0 Å². The van der Waals surface area contributed by atoms with Crippen LogP contribution >= 0.6 is 15.9 Å². The number of hydrogen-bond donors (Lipinski definition) is 1. The summed E-state index contributed by atoms with van der Waals surface area (Å²) in [5, 5.41) is 3.01. The second-order valence-electron chi connectivity index (χ2n) is 6.11. The maximum absolute atomic E-state index is 12.3. The molecule has 3 rings (SSSR count). The number of aryl methyl sites for hydroxylation is 1. The molecule has 1 heterocycles. The smallest absolute Gasteiger partial charge is 0.238 e. The van der Waals surface area contributed by atoms with E-state index in [-0.39, 0.29) is 5.91 Å². The van der Waals surface area contributed by atoms with Crippen LogP contribution in [-0.4, -0.2) is 43.5 Å². The Labute approximate surface area is 151 Å². The van der Waals surface area contributed by atoms with Crippen LogP contribution in [0.2, 0.25) is 0 Å². The summed E-state index contributed by atoms with van der Waals surface area (Å²) >= 11 is 3.44. The lowest BCUT2D eigenvalue weighted by Gasteiger charge is -2.35. The van der Waals surface area contributed by atoms with Crippen LogP contribution < -0.4 is 10.2 Å². The zero-order valence-corrected chi connectivity index (χ0v) is 15.4. The topological polar surface area (TPSA) is 35.6 Å². The van der Waals surface area contributed by atoms with Gasteiger partial charge in [-0.1, -0.05) is 34.1 Å². The highest BCUT2D eigenvalue weighted by molar-refractivity contribution is 9.10.